The first kappa shape index (κ1) is 10.2. The SMILES string of the molecule is CCC=CC(C)(C)OC(C)=O. The lowest BCUT2D eigenvalue weighted by Crippen LogP contribution is -2.23. The highest BCUT2D eigenvalue weighted by Crippen LogP contribution is 2.11. The van der Waals surface area contributed by atoms with E-state index in [1.165, 1.54) is 6.92 Å². The highest BCUT2D eigenvalue weighted by atomic mass is 16.6. The topological polar surface area (TPSA) is 26.3 Å². The van der Waals surface area contributed by atoms with E-state index < -0.39 is 5.60 Å². The molecule has 0 aliphatic carbocycles. The van der Waals surface area contributed by atoms with E-state index in [9.17, 15) is 4.79 Å². The maximum absolute atomic E-state index is 10.6. The lowest BCUT2D eigenvalue weighted by Gasteiger charge is -2.19. The van der Waals surface area contributed by atoms with Crippen molar-refractivity contribution in [1.82, 2.24) is 0 Å². The molecule has 0 saturated heterocycles. The molecule has 11 heavy (non-hydrogen) atoms. The molecule has 0 saturated carbocycles. The van der Waals surface area contributed by atoms with Gasteiger partial charge in [0.05, 0.1) is 0 Å². The molecule has 0 heterocycles. The Bertz CT molecular complexity index is 157. The lowest BCUT2D eigenvalue weighted by atomic mass is 10.1. The summed E-state index contributed by atoms with van der Waals surface area (Å²) in [6.45, 7) is 7.18. The van der Waals surface area contributed by atoms with Crippen LogP contribution >= 0.6 is 0 Å². The van der Waals surface area contributed by atoms with E-state index in [4.69, 9.17) is 4.74 Å². The summed E-state index contributed by atoms with van der Waals surface area (Å²) in [6, 6.07) is 0. The van der Waals surface area contributed by atoms with Gasteiger partial charge in [-0.05, 0) is 26.3 Å². The van der Waals surface area contributed by atoms with Gasteiger partial charge >= 0.3 is 5.97 Å². The summed E-state index contributed by atoms with van der Waals surface area (Å²) >= 11 is 0. The van der Waals surface area contributed by atoms with Crippen LogP contribution < -0.4 is 0 Å². The predicted octanol–water partition coefficient (Wildman–Crippen LogP) is 2.29. The maximum atomic E-state index is 10.6. The van der Waals surface area contributed by atoms with Crippen LogP contribution in [0.25, 0.3) is 0 Å². The van der Waals surface area contributed by atoms with E-state index >= 15 is 0 Å². The molecular weight excluding hydrogens is 140 g/mol. The number of rotatable bonds is 3. The Morgan fingerprint density at radius 3 is 2.45 bits per heavy atom. The van der Waals surface area contributed by atoms with Gasteiger partial charge in [-0.15, -0.1) is 0 Å². The quantitative estimate of drug-likeness (QED) is 0.463. The molecule has 64 valence electrons. The largest absolute Gasteiger partial charge is 0.456 e. The minimum Gasteiger partial charge on any atom is -0.456 e. The minimum atomic E-state index is -0.457. The Morgan fingerprint density at radius 1 is 1.55 bits per heavy atom. The fourth-order valence-electron chi connectivity index (χ4n) is 0.806. The number of esters is 1. The van der Waals surface area contributed by atoms with Crippen molar-refractivity contribution in [3.05, 3.63) is 12.2 Å². The molecule has 0 atom stereocenters. The van der Waals surface area contributed by atoms with Crippen LogP contribution in [0.4, 0.5) is 0 Å². The third-order valence-electron chi connectivity index (χ3n) is 1.16. The molecule has 0 aliphatic rings. The van der Waals surface area contributed by atoms with E-state index in [0.29, 0.717) is 0 Å². The first-order valence-electron chi connectivity index (χ1n) is 3.85. The minimum absolute atomic E-state index is 0.240. The fourth-order valence-corrected chi connectivity index (χ4v) is 0.806. The van der Waals surface area contributed by atoms with E-state index in [0.717, 1.165) is 6.42 Å². The second kappa shape index (κ2) is 4.16. The Morgan fingerprint density at radius 2 is 2.09 bits per heavy atom. The van der Waals surface area contributed by atoms with Gasteiger partial charge in [-0.25, -0.2) is 0 Å². The van der Waals surface area contributed by atoms with Crippen LogP contribution in [0, 0.1) is 0 Å². The van der Waals surface area contributed by atoms with Crippen molar-refractivity contribution >= 4 is 5.97 Å². The normalized spacial score (nSPS) is 12.0. The molecule has 2 heteroatoms. The zero-order valence-electron chi connectivity index (χ0n) is 7.68. The van der Waals surface area contributed by atoms with Gasteiger partial charge in [0.2, 0.25) is 0 Å². The highest BCUT2D eigenvalue weighted by Gasteiger charge is 2.15. The molecule has 0 aromatic heterocycles. The van der Waals surface area contributed by atoms with Gasteiger partial charge in [-0.3, -0.25) is 4.79 Å². The van der Waals surface area contributed by atoms with Crippen molar-refractivity contribution in [2.24, 2.45) is 0 Å². The number of ether oxygens (including phenoxy) is 1. The van der Waals surface area contributed by atoms with Crippen molar-refractivity contribution in [3.63, 3.8) is 0 Å². The summed E-state index contributed by atoms with van der Waals surface area (Å²) in [5.74, 6) is -0.240. The molecule has 0 spiro atoms. The van der Waals surface area contributed by atoms with Crippen molar-refractivity contribution in [2.75, 3.05) is 0 Å². The standard InChI is InChI=1S/C9H16O2/c1-5-6-7-9(3,4)11-8(2)10/h6-7H,5H2,1-4H3. The molecular formula is C9H16O2. The van der Waals surface area contributed by atoms with Crippen molar-refractivity contribution in [1.29, 1.82) is 0 Å². The number of carbonyl (C=O) groups is 1. The molecule has 0 amide bonds. The van der Waals surface area contributed by atoms with E-state index in [1.54, 1.807) is 0 Å². The van der Waals surface area contributed by atoms with Crippen molar-refractivity contribution in [3.8, 4) is 0 Å². The lowest BCUT2D eigenvalue weighted by molar-refractivity contribution is -0.149. The fraction of sp³-hybridized carbons (Fsp3) is 0.667. The van der Waals surface area contributed by atoms with Gasteiger partial charge < -0.3 is 4.74 Å². The Labute approximate surface area is 68.2 Å². The molecule has 0 aromatic carbocycles. The van der Waals surface area contributed by atoms with Gasteiger partial charge in [-0.2, -0.15) is 0 Å². The number of hydrogen-bond donors (Lipinski definition) is 0. The molecule has 0 unspecified atom stereocenters. The third-order valence-corrected chi connectivity index (χ3v) is 1.16. The number of hydrogen-bond acceptors (Lipinski definition) is 2. The summed E-state index contributed by atoms with van der Waals surface area (Å²) in [4.78, 5) is 10.6. The second-order valence-electron chi connectivity index (χ2n) is 3.01. The highest BCUT2D eigenvalue weighted by molar-refractivity contribution is 5.66. The maximum Gasteiger partial charge on any atom is 0.303 e. The van der Waals surface area contributed by atoms with Crippen LogP contribution in [0.15, 0.2) is 12.2 Å². The molecule has 0 radical (unpaired) electrons. The van der Waals surface area contributed by atoms with Crippen molar-refractivity contribution in [2.45, 2.75) is 39.7 Å². The van der Waals surface area contributed by atoms with Gasteiger partial charge in [-0.1, -0.05) is 13.0 Å². The summed E-state index contributed by atoms with van der Waals surface area (Å²) in [6.07, 6.45) is 4.85. The van der Waals surface area contributed by atoms with Crippen LogP contribution in [-0.4, -0.2) is 11.6 Å². The molecule has 0 aliphatic heterocycles. The first-order valence-corrected chi connectivity index (χ1v) is 3.85. The van der Waals surface area contributed by atoms with Crippen LogP contribution in [0.3, 0.4) is 0 Å². The van der Waals surface area contributed by atoms with E-state index in [2.05, 4.69) is 0 Å². The molecule has 0 fully saturated rings. The number of allylic oxidation sites excluding steroid dienone is 1. The van der Waals surface area contributed by atoms with Gasteiger partial charge in [0.15, 0.2) is 0 Å². The third kappa shape index (κ3) is 5.64. The molecule has 0 rings (SSSR count). The molecule has 0 N–H and O–H groups in total. The van der Waals surface area contributed by atoms with Gasteiger partial charge in [0, 0.05) is 6.92 Å². The first-order chi connectivity index (χ1) is 4.98. The van der Waals surface area contributed by atoms with Gasteiger partial charge in [0.1, 0.15) is 5.60 Å². The molecule has 2 nitrogen and oxygen atoms in total. The van der Waals surface area contributed by atoms with Crippen LogP contribution in [-0.2, 0) is 9.53 Å². The van der Waals surface area contributed by atoms with Crippen LogP contribution in [0.2, 0.25) is 0 Å². The summed E-state index contributed by atoms with van der Waals surface area (Å²) < 4.78 is 5.01. The number of carbonyl (C=O) groups excluding carboxylic acids is 1. The van der Waals surface area contributed by atoms with Crippen LogP contribution in [0.5, 0.6) is 0 Å². The Kier molecular flexibility index (Phi) is 3.86. The summed E-state index contributed by atoms with van der Waals surface area (Å²) in [7, 11) is 0. The molecule has 0 aromatic rings. The Hall–Kier alpha value is -0.790. The Balaban J connectivity index is 3.99. The molecule has 0 bridgehead atoms. The van der Waals surface area contributed by atoms with E-state index in [1.807, 2.05) is 32.9 Å². The smallest absolute Gasteiger partial charge is 0.303 e. The average molecular weight is 156 g/mol. The summed E-state index contributed by atoms with van der Waals surface area (Å²) in [5, 5.41) is 0. The van der Waals surface area contributed by atoms with E-state index in [-0.39, 0.29) is 5.97 Å². The van der Waals surface area contributed by atoms with Gasteiger partial charge in [0.25, 0.3) is 0 Å². The average Bonchev–Trinajstić information content (AvgIpc) is 1.81. The van der Waals surface area contributed by atoms with Crippen LogP contribution in [0.1, 0.15) is 34.1 Å². The predicted molar refractivity (Wildman–Crippen MR) is 45.3 cm³/mol. The second-order valence-corrected chi connectivity index (χ2v) is 3.01. The zero-order valence-corrected chi connectivity index (χ0v) is 7.68. The summed E-state index contributed by atoms with van der Waals surface area (Å²) in [5.41, 5.74) is -0.457. The zero-order chi connectivity index (χ0) is 8.91. The van der Waals surface area contributed by atoms with Crippen molar-refractivity contribution < 1.29 is 9.53 Å². The monoisotopic (exact) mass is 156 g/mol.